The maximum Gasteiger partial charge on any atom is 0.319 e. The number of carbonyl (C=O) groups is 2. The van der Waals surface area contributed by atoms with Gasteiger partial charge in [0.15, 0.2) is 5.65 Å². The molecule has 1 aliphatic rings. The highest BCUT2D eigenvalue weighted by atomic mass is 16.2. The van der Waals surface area contributed by atoms with Gasteiger partial charge < -0.3 is 15.1 Å². The van der Waals surface area contributed by atoms with Crippen LogP contribution in [0.15, 0.2) is 18.3 Å². The van der Waals surface area contributed by atoms with E-state index in [0.717, 1.165) is 12.2 Å². The molecule has 2 aromatic heterocycles. The van der Waals surface area contributed by atoms with Crippen LogP contribution in [0.1, 0.15) is 42.4 Å². The fourth-order valence-corrected chi connectivity index (χ4v) is 3.15. The molecule has 0 saturated carbocycles. The van der Waals surface area contributed by atoms with Crippen LogP contribution >= 0.6 is 0 Å². The highest BCUT2D eigenvalue weighted by Gasteiger charge is 2.31. The molecule has 3 heterocycles. The number of pyridine rings is 1. The highest BCUT2D eigenvalue weighted by Crippen LogP contribution is 2.27. The Labute approximate surface area is 153 Å². The third-order valence-corrected chi connectivity index (χ3v) is 4.57. The van der Waals surface area contributed by atoms with Crippen molar-refractivity contribution in [2.75, 3.05) is 33.7 Å². The van der Waals surface area contributed by atoms with Gasteiger partial charge in [-0.25, -0.2) is 4.79 Å². The van der Waals surface area contributed by atoms with Gasteiger partial charge in [0.1, 0.15) is 5.82 Å². The maximum absolute atomic E-state index is 12.3. The average Bonchev–Trinajstić information content (AvgIpc) is 3.24. The summed E-state index contributed by atoms with van der Waals surface area (Å²) >= 11 is 0. The lowest BCUT2D eigenvalue weighted by atomic mass is 10.1. The summed E-state index contributed by atoms with van der Waals surface area (Å²) in [5.41, 5.74) is 1.29. The van der Waals surface area contributed by atoms with E-state index in [1.807, 2.05) is 9.30 Å². The lowest BCUT2D eigenvalue weighted by Gasteiger charge is -2.21. The quantitative estimate of drug-likeness (QED) is 0.900. The minimum Gasteiger partial charge on any atom is -0.352 e. The molecule has 3 amide bonds. The first-order valence-corrected chi connectivity index (χ1v) is 8.96. The lowest BCUT2D eigenvalue weighted by molar-refractivity contribution is 0.0948. The van der Waals surface area contributed by atoms with Crippen LogP contribution in [-0.4, -0.2) is 70.1 Å². The van der Waals surface area contributed by atoms with Gasteiger partial charge in [-0.3, -0.25) is 9.20 Å². The molecule has 1 N–H and O–H groups in total. The zero-order valence-electron chi connectivity index (χ0n) is 15.8. The predicted octanol–water partition coefficient (Wildman–Crippen LogP) is 1.59. The first-order chi connectivity index (χ1) is 12.4. The van der Waals surface area contributed by atoms with Crippen LogP contribution in [0, 0.1) is 5.92 Å². The number of likely N-dealkylation sites (tertiary alicyclic amines) is 1. The molecule has 26 heavy (non-hydrogen) atoms. The highest BCUT2D eigenvalue weighted by molar-refractivity contribution is 5.94. The zero-order chi connectivity index (χ0) is 18.8. The summed E-state index contributed by atoms with van der Waals surface area (Å²) in [5, 5.41) is 11.5. The van der Waals surface area contributed by atoms with Crippen LogP contribution in [0.3, 0.4) is 0 Å². The second-order valence-electron chi connectivity index (χ2n) is 7.42. The lowest BCUT2D eigenvalue weighted by Crippen LogP contribution is -2.37. The van der Waals surface area contributed by atoms with Crippen molar-refractivity contribution in [2.45, 2.75) is 26.2 Å². The standard InChI is InChI=1S/C18H26N6O2/c1-12(2)9-19-17(25)14-5-6-15-20-21-16(24(15)11-14)13-7-8-23(10-13)18(26)22(3)4/h5-6,11-13H,7-10H2,1-4H3,(H,19,25)/t13-/m1/s1. The van der Waals surface area contributed by atoms with Gasteiger partial charge in [0.2, 0.25) is 0 Å². The molecule has 0 aromatic carbocycles. The van der Waals surface area contributed by atoms with Crippen molar-refractivity contribution in [1.29, 1.82) is 0 Å². The third kappa shape index (κ3) is 3.63. The van der Waals surface area contributed by atoms with Crippen LogP contribution < -0.4 is 5.32 Å². The van der Waals surface area contributed by atoms with E-state index < -0.39 is 0 Å². The average molecular weight is 358 g/mol. The monoisotopic (exact) mass is 358 g/mol. The Morgan fingerprint density at radius 2 is 2.08 bits per heavy atom. The van der Waals surface area contributed by atoms with Crippen LogP contribution in [0.25, 0.3) is 5.65 Å². The number of hydrogen-bond donors (Lipinski definition) is 1. The largest absolute Gasteiger partial charge is 0.352 e. The summed E-state index contributed by atoms with van der Waals surface area (Å²) in [6.45, 7) is 6.06. The van der Waals surface area contributed by atoms with Gasteiger partial charge in [0, 0.05) is 45.8 Å². The Kier molecular flexibility index (Phi) is 5.11. The SMILES string of the molecule is CC(C)CNC(=O)c1ccc2nnc([C@@H]3CCN(C(=O)N(C)C)C3)n2c1. The summed E-state index contributed by atoms with van der Waals surface area (Å²) in [5.74, 6) is 1.21. The maximum atomic E-state index is 12.3. The van der Waals surface area contributed by atoms with Gasteiger partial charge >= 0.3 is 6.03 Å². The summed E-state index contributed by atoms with van der Waals surface area (Å²) in [6.07, 6.45) is 2.63. The number of urea groups is 1. The Bertz CT molecular complexity index is 813. The van der Waals surface area contributed by atoms with Gasteiger partial charge in [-0.05, 0) is 24.5 Å². The molecule has 0 radical (unpaired) electrons. The molecule has 0 unspecified atom stereocenters. The number of fused-ring (bicyclic) bond motifs is 1. The number of aromatic nitrogens is 3. The fraction of sp³-hybridized carbons (Fsp3) is 0.556. The number of carbonyl (C=O) groups excluding carboxylic acids is 2. The van der Waals surface area contributed by atoms with Crippen LogP contribution in [0.2, 0.25) is 0 Å². The van der Waals surface area contributed by atoms with Crippen LogP contribution in [0.5, 0.6) is 0 Å². The van der Waals surface area contributed by atoms with Crippen molar-refractivity contribution in [3.05, 3.63) is 29.7 Å². The molecule has 3 rings (SSSR count). The molecule has 0 spiro atoms. The van der Waals surface area contributed by atoms with E-state index in [4.69, 9.17) is 0 Å². The van der Waals surface area contributed by atoms with Gasteiger partial charge in [0.05, 0.1) is 5.56 Å². The van der Waals surface area contributed by atoms with Crippen molar-refractivity contribution in [3.63, 3.8) is 0 Å². The minimum atomic E-state index is -0.101. The van der Waals surface area contributed by atoms with Gasteiger partial charge in [-0.2, -0.15) is 0 Å². The van der Waals surface area contributed by atoms with Crippen molar-refractivity contribution < 1.29 is 9.59 Å². The Morgan fingerprint density at radius 3 is 2.77 bits per heavy atom. The van der Waals surface area contributed by atoms with Crippen molar-refractivity contribution in [3.8, 4) is 0 Å². The van der Waals surface area contributed by atoms with Crippen LogP contribution in [-0.2, 0) is 0 Å². The van der Waals surface area contributed by atoms with Gasteiger partial charge in [-0.1, -0.05) is 13.8 Å². The number of nitrogens with one attached hydrogen (secondary N) is 1. The smallest absolute Gasteiger partial charge is 0.319 e. The van der Waals surface area contributed by atoms with Crippen LogP contribution in [0.4, 0.5) is 4.79 Å². The van der Waals surface area contributed by atoms with Gasteiger partial charge in [-0.15, -0.1) is 10.2 Å². The molecular formula is C18H26N6O2. The van der Waals surface area contributed by atoms with E-state index in [1.54, 1.807) is 37.3 Å². The third-order valence-electron chi connectivity index (χ3n) is 4.57. The molecule has 0 aliphatic carbocycles. The number of amides is 3. The normalized spacial score (nSPS) is 17.1. The minimum absolute atomic E-state index is 0.00933. The number of hydrogen-bond acceptors (Lipinski definition) is 4. The second kappa shape index (κ2) is 7.31. The Hall–Kier alpha value is -2.64. The van der Waals surface area contributed by atoms with E-state index in [9.17, 15) is 9.59 Å². The van der Waals surface area contributed by atoms with E-state index in [0.29, 0.717) is 36.8 Å². The molecule has 0 bridgehead atoms. The zero-order valence-corrected chi connectivity index (χ0v) is 15.8. The van der Waals surface area contributed by atoms with E-state index in [2.05, 4.69) is 29.4 Å². The van der Waals surface area contributed by atoms with E-state index >= 15 is 0 Å². The number of rotatable bonds is 4. The summed E-state index contributed by atoms with van der Waals surface area (Å²) in [4.78, 5) is 27.9. The molecular weight excluding hydrogens is 332 g/mol. The first kappa shape index (κ1) is 18.2. The molecule has 1 fully saturated rings. The summed E-state index contributed by atoms with van der Waals surface area (Å²) < 4.78 is 1.87. The Balaban J connectivity index is 1.81. The summed E-state index contributed by atoms with van der Waals surface area (Å²) in [7, 11) is 3.51. The van der Waals surface area contributed by atoms with E-state index in [-0.39, 0.29) is 17.9 Å². The second-order valence-corrected chi connectivity index (χ2v) is 7.42. The predicted molar refractivity (Wildman–Crippen MR) is 98.2 cm³/mol. The van der Waals surface area contributed by atoms with Crippen molar-refractivity contribution in [2.24, 2.45) is 5.92 Å². The molecule has 1 aliphatic heterocycles. The molecule has 2 aromatic rings. The number of nitrogens with zero attached hydrogens (tertiary/aromatic N) is 5. The van der Waals surface area contributed by atoms with E-state index in [1.165, 1.54) is 0 Å². The Morgan fingerprint density at radius 1 is 1.31 bits per heavy atom. The topological polar surface area (TPSA) is 82.8 Å². The molecule has 1 atom stereocenters. The molecule has 140 valence electrons. The molecule has 8 heteroatoms. The molecule has 8 nitrogen and oxygen atoms in total. The van der Waals surface area contributed by atoms with Crippen molar-refractivity contribution >= 4 is 17.6 Å². The van der Waals surface area contributed by atoms with Gasteiger partial charge in [0.25, 0.3) is 5.91 Å². The fourth-order valence-electron chi connectivity index (χ4n) is 3.15. The van der Waals surface area contributed by atoms with Crippen molar-refractivity contribution in [1.82, 2.24) is 29.7 Å². The first-order valence-electron chi connectivity index (χ1n) is 8.96. The summed E-state index contributed by atoms with van der Waals surface area (Å²) in [6, 6.07) is 3.58. The molecule has 1 saturated heterocycles.